The van der Waals surface area contributed by atoms with E-state index >= 15 is 0 Å². The van der Waals surface area contributed by atoms with Gasteiger partial charge in [-0.25, -0.2) is 0 Å². The van der Waals surface area contributed by atoms with Crippen LogP contribution in [0.15, 0.2) is 0 Å². The average Bonchev–Trinajstić information content (AvgIpc) is 2.43. The highest BCUT2D eigenvalue weighted by atomic mass is 16.4. The molecule has 1 unspecified atom stereocenters. The molecule has 0 heterocycles. The Hall–Kier alpha value is -1.10. The first-order chi connectivity index (χ1) is 10.1. The molecule has 0 aliphatic heterocycles. The second-order valence-electron chi connectivity index (χ2n) is 5.74. The van der Waals surface area contributed by atoms with Crippen LogP contribution in [-0.4, -0.2) is 33.9 Å². The van der Waals surface area contributed by atoms with Crippen molar-refractivity contribution in [2.75, 3.05) is 6.61 Å². The topological polar surface area (TPSA) is 94.8 Å². The van der Waals surface area contributed by atoms with Crippen LogP contribution in [0.5, 0.6) is 0 Å². The van der Waals surface area contributed by atoms with E-state index in [9.17, 15) is 14.7 Å². The second-order valence-corrected chi connectivity index (χ2v) is 5.74. The number of carboxylic acid groups (broad SMARTS) is 2. The Labute approximate surface area is 127 Å². The van der Waals surface area contributed by atoms with Gasteiger partial charge in [0.2, 0.25) is 0 Å². The van der Waals surface area contributed by atoms with Crippen molar-refractivity contribution in [1.29, 1.82) is 0 Å². The normalized spacial score (nSPS) is 12.2. The maximum absolute atomic E-state index is 10.4. The van der Waals surface area contributed by atoms with E-state index < -0.39 is 11.9 Å². The van der Waals surface area contributed by atoms with Crippen LogP contribution in [-0.2, 0) is 9.59 Å². The van der Waals surface area contributed by atoms with Crippen molar-refractivity contribution in [1.82, 2.24) is 0 Å². The predicted octanol–water partition coefficient (Wildman–Crippen LogP) is 3.45. The van der Waals surface area contributed by atoms with Gasteiger partial charge in [-0.05, 0) is 31.6 Å². The van der Waals surface area contributed by atoms with Crippen molar-refractivity contribution in [3.05, 3.63) is 0 Å². The first-order valence-electron chi connectivity index (χ1n) is 8.10. The number of rotatable bonds is 15. The summed E-state index contributed by atoms with van der Waals surface area (Å²) in [6, 6.07) is 0. The zero-order valence-electron chi connectivity index (χ0n) is 12.9. The number of carboxylic acids is 2. The quantitative estimate of drug-likeness (QED) is 0.403. The second kappa shape index (κ2) is 13.9. The van der Waals surface area contributed by atoms with Crippen LogP contribution in [0.4, 0.5) is 0 Å². The number of hydrogen-bond acceptors (Lipinski definition) is 3. The number of aliphatic hydroxyl groups excluding tert-OH is 1. The minimum absolute atomic E-state index is 0.206. The van der Waals surface area contributed by atoms with Gasteiger partial charge >= 0.3 is 11.9 Å². The Morgan fingerprint density at radius 1 is 0.667 bits per heavy atom. The van der Waals surface area contributed by atoms with E-state index in [4.69, 9.17) is 10.2 Å². The molecule has 0 aromatic carbocycles. The van der Waals surface area contributed by atoms with Gasteiger partial charge in [0.25, 0.3) is 0 Å². The van der Waals surface area contributed by atoms with E-state index in [1.807, 2.05) is 0 Å². The first-order valence-corrected chi connectivity index (χ1v) is 8.10. The molecular formula is C16H30O5. The van der Waals surface area contributed by atoms with E-state index in [2.05, 4.69) is 0 Å². The lowest BCUT2D eigenvalue weighted by atomic mass is 9.95. The molecule has 3 N–H and O–H groups in total. The number of aliphatic hydroxyl groups is 1. The largest absolute Gasteiger partial charge is 0.481 e. The smallest absolute Gasteiger partial charge is 0.303 e. The molecule has 0 aliphatic rings. The Bertz CT molecular complexity index is 278. The summed E-state index contributed by atoms with van der Waals surface area (Å²) in [5.41, 5.74) is 0. The Kier molecular flexibility index (Phi) is 13.1. The third-order valence-corrected chi connectivity index (χ3v) is 3.76. The molecule has 0 spiro atoms. The highest BCUT2D eigenvalue weighted by Gasteiger charge is 2.07. The van der Waals surface area contributed by atoms with Crippen molar-refractivity contribution in [2.45, 2.75) is 77.0 Å². The summed E-state index contributed by atoms with van der Waals surface area (Å²) >= 11 is 0. The van der Waals surface area contributed by atoms with Crippen LogP contribution in [0.3, 0.4) is 0 Å². The van der Waals surface area contributed by atoms with Gasteiger partial charge in [0, 0.05) is 19.4 Å². The third kappa shape index (κ3) is 15.1. The molecule has 1 atom stereocenters. The summed E-state index contributed by atoms with van der Waals surface area (Å²) in [6.45, 7) is 0.206. The monoisotopic (exact) mass is 302 g/mol. The number of hydrogen-bond donors (Lipinski definition) is 3. The fraction of sp³-hybridized carbons (Fsp3) is 0.875. The van der Waals surface area contributed by atoms with Crippen molar-refractivity contribution in [3.63, 3.8) is 0 Å². The number of unbranched alkanes of at least 4 members (excludes halogenated alkanes) is 6. The van der Waals surface area contributed by atoms with Gasteiger partial charge in [0.15, 0.2) is 0 Å². The summed E-state index contributed by atoms with van der Waals surface area (Å²) in [5.74, 6) is -1.14. The van der Waals surface area contributed by atoms with E-state index in [1.165, 1.54) is 0 Å². The molecule has 0 aromatic heterocycles. The molecule has 124 valence electrons. The van der Waals surface area contributed by atoms with Gasteiger partial charge < -0.3 is 15.3 Å². The third-order valence-electron chi connectivity index (χ3n) is 3.76. The predicted molar refractivity (Wildman–Crippen MR) is 81.3 cm³/mol. The van der Waals surface area contributed by atoms with Crippen LogP contribution in [0.1, 0.15) is 77.0 Å². The highest BCUT2D eigenvalue weighted by Crippen LogP contribution is 2.18. The lowest BCUT2D eigenvalue weighted by Gasteiger charge is -2.13. The van der Waals surface area contributed by atoms with E-state index in [-0.39, 0.29) is 19.4 Å². The van der Waals surface area contributed by atoms with Crippen LogP contribution in [0.25, 0.3) is 0 Å². The molecule has 0 bridgehead atoms. The number of aliphatic carboxylic acids is 2. The minimum atomic E-state index is -0.739. The summed E-state index contributed by atoms with van der Waals surface area (Å²) in [7, 11) is 0. The lowest BCUT2D eigenvalue weighted by Crippen LogP contribution is -2.06. The van der Waals surface area contributed by atoms with Crippen LogP contribution < -0.4 is 0 Å². The van der Waals surface area contributed by atoms with E-state index in [0.29, 0.717) is 5.92 Å². The van der Waals surface area contributed by atoms with Crippen molar-refractivity contribution in [2.24, 2.45) is 5.92 Å². The SMILES string of the molecule is O=C(O)CCCCCCCC(CO)CCCCCC(=O)O. The lowest BCUT2D eigenvalue weighted by molar-refractivity contribution is -0.138. The molecular weight excluding hydrogens is 272 g/mol. The molecule has 0 fully saturated rings. The van der Waals surface area contributed by atoms with Gasteiger partial charge in [0.1, 0.15) is 0 Å². The molecule has 0 saturated heterocycles. The zero-order valence-corrected chi connectivity index (χ0v) is 12.9. The fourth-order valence-corrected chi connectivity index (χ4v) is 2.45. The Balaban J connectivity index is 3.40. The summed E-state index contributed by atoms with van der Waals surface area (Å²) < 4.78 is 0. The standard InChI is InChI=1S/C16H30O5/c17-13-14(10-6-4-8-12-16(20)21)9-5-2-1-3-7-11-15(18)19/h14,17H,1-13H2,(H,18,19)(H,20,21). The van der Waals surface area contributed by atoms with Gasteiger partial charge in [-0.15, -0.1) is 0 Å². The molecule has 0 saturated carbocycles. The maximum atomic E-state index is 10.4. The highest BCUT2D eigenvalue weighted by molar-refractivity contribution is 5.66. The average molecular weight is 302 g/mol. The fourth-order valence-electron chi connectivity index (χ4n) is 2.45. The summed E-state index contributed by atoms with van der Waals surface area (Å²) in [5, 5.41) is 26.4. The minimum Gasteiger partial charge on any atom is -0.481 e. The zero-order chi connectivity index (χ0) is 15.9. The summed E-state index contributed by atoms with van der Waals surface area (Å²) in [4.78, 5) is 20.7. The molecule has 21 heavy (non-hydrogen) atoms. The molecule has 0 amide bonds. The molecule has 0 radical (unpaired) electrons. The van der Waals surface area contributed by atoms with Gasteiger partial charge in [0.05, 0.1) is 0 Å². The van der Waals surface area contributed by atoms with Gasteiger partial charge in [-0.2, -0.15) is 0 Å². The molecule has 5 heteroatoms. The van der Waals surface area contributed by atoms with Crippen molar-refractivity contribution < 1.29 is 24.9 Å². The Morgan fingerprint density at radius 3 is 1.48 bits per heavy atom. The molecule has 0 rings (SSSR count). The van der Waals surface area contributed by atoms with E-state index in [1.54, 1.807) is 0 Å². The van der Waals surface area contributed by atoms with Crippen LogP contribution >= 0.6 is 0 Å². The van der Waals surface area contributed by atoms with Crippen molar-refractivity contribution >= 4 is 11.9 Å². The van der Waals surface area contributed by atoms with Crippen LogP contribution in [0, 0.1) is 5.92 Å². The number of carbonyl (C=O) groups is 2. The molecule has 5 nitrogen and oxygen atoms in total. The summed E-state index contributed by atoms with van der Waals surface area (Å²) in [6.07, 6.45) is 10.0. The van der Waals surface area contributed by atoms with E-state index in [0.717, 1.165) is 64.2 Å². The van der Waals surface area contributed by atoms with Gasteiger partial charge in [-0.1, -0.05) is 38.5 Å². The van der Waals surface area contributed by atoms with Gasteiger partial charge in [-0.3, -0.25) is 9.59 Å². The maximum Gasteiger partial charge on any atom is 0.303 e. The first kappa shape index (κ1) is 19.9. The van der Waals surface area contributed by atoms with Crippen LogP contribution in [0.2, 0.25) is 0 Å². The molecule has 0 aliphatic carbocycles. The van der Waals surface area contributed by atoms with Crippen molar-refractivity contribution in [3.8, 4) is 0 Å². The Morgan fingerprint density at radius 2 is 1.05 bits per heavy atom. The molecule has 0 aromatic rings.